The first-order valence-corrected chi connectivity index (χ1v) is 10.1. The zero-order valence-corrected chi connectivity index (χ0v) is 17.3. The van der Waals surface area contributed by atoms with E-state index < -0.39 is 5.54 Å². The van der Waals surface area contributed by atoms with Gasteiger partial charge in [0.1, 0.15) is 6.54 Å². The molecule has 1 saturated heterocycles. The number of ether oxygens (including phenoxy) is 1. The van der Waals surface area contributed by atoms with Crippen LogP contribution in [0.5, 0.6) is 11.5 Å². The number of hydrogen-bond donors (Lipinski definition) is 2. The van der Waals surface area contributed by atoms with Crippen molar-refractivity contribution < 1.29 is 19.4 Å². The quantitative estimate of drug-likeness (QED) is 0.638. The monoisotopic (exact) mass is 418 g/mol. The van der Waals surface area contributed by atoms with Crippen molar-refractivity contribution in [2.75, 3.05) is 20.2 Å². The lowest BCUT2D eigenvalue weighted by molar-refractivity contribution is -0.165. The van der Waals surface area contributed by atoms with Crippen molar-refractivity contribution >= 4 is 28.9 Å². The number of H-pyrrole nitrogens is 1. The number of carbonyl (C=O) groups is 2. The van der Waals surface area contributed by atoms with Crippen LogP contribution in [0, 0.1) is 0 Å². The number of phenols is 1. The standard InChI is InChI=1S/C23H22N4O4/c1-23-21-16(15-5-3-4-6-17(15)25-21)9-10-26(23)20(29)13-27(22(23)30)24-12-14-7-8-18(28)19(11-14)31-2/h3-8,11-12,25,28H,9-10,13H2,1-2H3/b24-12+/t23-/m1/s1. The van der Waals surface area contributed by atoms with Crippen LogP contribution in [-0.4, -0.2) is 58.2 Å². The normalized spacial score (nSPS) is 21.0. The van der Waals surface area contributed by atoms with Gasteiger partial charge in [-0.2, -0.15) is 5.10 Å². The van der Waals surface area contributed by atoms with Crippen molar-refractivity contribution in [1.29, 1.82) is 0 Å². The van der Waals surface area contributed by atoms with Crippen LogP contribution in [0.4, 0.5) is 0 Å². The van der Waals surface area contributed by atoms with Crippen LogP contribution in [0.1, 0.15) is 23.7 Å². The van der Waals surface area contributed by atoms with Gasteiger partial charge in [-0.05, 0) is 48.7 Å². The summed E-state index contributed by atoms with van der Waals surface area (Å²) >= 11 is 0. The van der Waals surface area contributed by atoms with E-state index in [0.29, 0.717) is 24.3 Å². The lowest BCUT2D eigenvalue weighted by Crippen LogP contribution is -2.65. The SMILES string of the molecule is COc1cc(/C=N/N2CC(=O)N3CCc4c([nH]c5ccccc45)[C@]3(C)C2=O)ccc1O. The number of nitrogens with zero attached hydrogens (tertiary/aromatic N) is 3. The topological polar surface area (TPSA) is 98.2 Å². The second-order valence-corrected chi connectivity index (χ2v) is 7.93. The van der Waals surface area contributed by atoms with Crippen LogP contribution >= 0.6 is 0 Å². The Morgan fingerprint density at radius 1 is 1.23 bits per heavy atom. The number of amides is 2. The van der Waals surface area contributed by atoms with Gasteiger partial charge in [0.15, 0.2) is 17.0 Å². The molecule has 3 aromatic rings. The van der Waals surface area contributed by atoms with Crippen molar-refractivity contribution in [3.8, 4) is 11.5 Å². The van der Waals surface area contributed by atoms with E-state index in [1.54, 1.807) is 24.0 Å². The third-order valence-corrected chi connectivity index (χ3v) is 6.21. The van der Waals surface area contributed by atoms with E-state index in [1.165, 1.54) is 24.4 Å². The molecule has 2 N–H and O–H groups in total. The molecule has 2 aliphatic heterocycles. The van der Waals surface area contributed by atoms with Crippen LogP contribution in [0.15, 0.2) is 47.6 Å². The van der Waals surface area contributed by atoms with Crippen LogP contribution in [0.3, 0.4) is 0 Å². The second kappa shape index (κ2) is 6.87. The summed E-state index contributed by atoms with van der Waals surface area (Å²) in [5.41, 5.74) is 2.27. The molecule has 8 nitrogen and oxygen atoms in total. The highest BCUT2D eigenvalue weighted by Gasteiger charge is 2.54. The molecule has 1 atom stereocenters. The lowest BCUT2D eigenvalue weighted by atomic mass is 9.83. The van der Waals surface area contributed by atoms with Gasteiger partial charge in [-0.25, -0.2) is 5.01 Å². The summed E-state index contributed by atoms with van der Waals surface area (Å²) in [7, 11) is 1.46. The van der Waals surface area contributed by atoms with E-state index in [2.05, 4.69) is 10.1 Å². The summed E-state index contributed by atoms with van der Waals surface area (Å²) in [6.45, 7) is 2.16. The maximum Gasteiger partial charge on any atom is 0.275 e. The zero-order valence-electron chi connectivity index (χ0n) is 17.3. The molecule has 1 fully saturated rings. The molecule has 2 aliphatic rings. The Bertz CT molecular complexity index is 1250. The van der Waals surface area contributed by atoms with Gasteiger partial charge < -0.3 is 19.7 Å². The molecule has 31 heavy (non-hydrogen) atoms. The number of nitrogens with one attached hydrogen (secondary N) is 1. The minimum absolute atomic E-state index is 0.0144. The zero-order chi connectivity index (χ0) is 21.8. The molecule has 1 aromatic heterocycles. The molecule has 5 rings (SSSR count). The number of rotatable bonds is 3. The summed E-state index contributed by atoms with van der Waals surface area (Å²) in [6.07, 6.45) is 2.19. The first-order chi connectivity index (χ1) is 14.9. The Hall–Kier alpha value is -3.81. The highest BCUT2D eigenvalue weighted by molar-refractivity contribution is 6.01. The molecule has 0 spiro atoms. The summed E-state index contributed by atoms with van der Waals surface area (Å²) in [4.78, 5) is 31.6. The van der Waals surface area contributed by atoms with Crippen LogP contribution in [0.2, 0.25) is 0 Å². The third kappa shape index (κ3) is 2.78. The molecule has 0 unspecified atom stereocenters. The molecular weight excluding hydrogens is 396 g/mol. The molecule has 0 saturated carbocycles. The second-order valence-electron chi connectivity index (χ2n) is 7.93. The highest BCUT2D eigenvalue weighted by atomic mass is 16.5. The van der Waals surface area contributed by atoms with E-state index >= 15 is 0 Å². The third-order valence-electron chi connectivity index (χ3n) is 6.21. The van der Waals surface area contributed by atoms with Gasteiger partial charge in [-0.3, -0.25) is 9.59 Å². The van der Waals surface area contributed by atoms with E-state index in [-0.39, 0.29) is 24.1 Å². The van der Waals surface area contributed by atoms with Crippen molar-refractivity contribution in [2.45, 2.75) is 18.9 Å². The summed E-state index contributed by atoms with van der Waals surface area (Å²) in [6, 6.07) is 12.7. The number of methoxy groups -OCH3 is 1. The molecule has 0 radical (unpaired) electrons. The van der Waals surface area contributed by atoms with Gasteiger partial charge in [0, 0.05) is 17.4 Å². The molecule has 8 heteroatoms. The number of piperazine rings is 1. The van der Waals surface area contributed by atoms with Crippen LogP contribution in [-0.2, 0) is 21.5 Å². The maximum absolute atomic E-state index is 13.6. The fraction of sp³-hybridized carbons (Fsp3) is 0.261. The minimum Gasteiger partial charge on any atom is -0.504 e. The number of fused-ring (bicyclic) bond motifs is 5. The average molecular weight is 418 g/mol. The lowest BCUT2D eigenvalue weighted by Gasteiger charge is -2.48. The smallest absolute Gasteiger partial charge is 0.275 e. The predicted molar refractivity (Wildman–Crippen MR) is 115 cm³/mol. The summed E-state index contributed by atoms with van der Waals surface area (Å²) < 4.78 is 5.11. The number of aromatic hydroxyl groups is 1. The van der Waals surface area contributed by atoms with E-state index in [9.17, 15) is 14.7 Å². The number of aromatic amines is 1. The van der Waals surface area contributed by atoms with Crippen molar-refractivity contribution in [2.24, 2.45) is 5.10 Å². The number of carbonyl (C=O) groups excluding carboxylic acids is 2. The molecule has 158 valence electrons. The summed E-state index contributed by atoms with van der Waals surface area (Å²) in [5.74, 6) is -0.0906. The Kier molecular flexibility index (Phi) is 4.25. The van der Waals surface area contributed by atoms with Crippen molar-refractivity contribution in [1.82, 2.24) is 14.9 Å². The van der Waals surface area contributed by atoms with Gasteiger partial charge in [0.25, 0.3) is 5.91 Å². The number of phenolic OH excluding ortho intramolecular Hbond substituents is 1. The molecular formula is C23H22N4O4. The predicted octanol–water partition coefficient (Wildman–Crippen LogP) is 2.36. The van der Waals surface area contributed by atoms with Crippen LogP contribution < -0.4 is 4.74 Å². The van der Waals surface area contributed by atoms with Gasteiger partial charge in [0.2, 0.25) is 5.91 Å². The van der Waals surface area contributed by atoms with Gasteiger partial charge in [-0.15, -0.1) is 0 Å². The Balaban J connectivity index is 1.53. The molecule has 0 bridgehead atoms. The van der Waals surface area contributed by atoms with E-state index in [4.69, 9.17) is 4.74 Å². The van der Waals surface area contributed by atoms with Crippen molar-refractivity contribution in [3.05, 3.63) is 59.3 Å². The van der Waals surface area contributed by atoms with Crippen LogP contribution in [0.25, 0.3) is 10.9 Å². The summed E-state index contributed by atoms with van der Waals surface area (Å²) in [5, 5.41) is 16.4. The van der Waals surface area contributed by atoms with E-state index in [0.717, 1.165) is 22.2 Å². The van der Waals surface area contributed by atoms with Gasteiger partial charge >= 0.3 is 0 Å². The maximum atomic E-state index is 13.6. The first-order valence-electron chi connectivity index (χ1n) is 10.1. The van der Waals surface area contributed by atoms with Gasteiger partial charge in [0.05, 0.1) is 19.0 Å². The largest absolute Gasteiger partial charge is 0.504 e. The molecule has 2 aromatic carbocycles. The first kappa shape index (κ1) is 19.2. The van der Waals surface area contributed by atoms with Crippen molar-refractivity contribution in [3.63, 3.8) is 0 Å². The fourth-order valence-electron chi connectivity index (χ4n) is 4.59. The molecule has 3 heterocycles. The van der Waals surface area contributed by atoms with Gasteiger partial charge in [-0.1, -0.05) is 18.2 Å². The Morgan fingerprint density at radius 3 is 2.84 bits per heavy atom. The number of benzene rings is 2. The minimum atomic E-state index is -1.15. The molecule has 2 amide bonds. The number of para-hydroxylation sites is 1. The number of aromatic nitrogens is 1. The fourth-order valence-corrected chi connectivity index (χ4v) is 4.59. The average Bonchev–Trinajstić information content (AvgIpc) is 3.16. The Morgan fingerprint density at radius 2 is 2.03 bits per heavy atom. The van der Waals surface area contributed by atoms with E-state index in [1.807, 2.05) is 24.3 Å². The Labute approximate surface area is 178 Å². The highest BCUT2D eigenvalue weighted by Crippen LogP contribution is 2.42. The number of hydrazone groups is 1. The number of hydrogen-bond acceptors (Lipinski definition) is 5. The molecule has 0 aliphatic carbocycles.